The smallest absolute Gasteiger partial charge is 0.163 e. The summed E-state index contributed by atoms with van der Waals surface area (Å²) in [5, 5.41) is 20.5. The molecule has 0 aromatic rings. The van der Waals surface area contributed by atoms with Crippen molar-refractivity contribution < 1.29 is 24.4 Å². The zero-order valence-electron chi connectivity index (χ0n) is 12.0. The summed E-state index contributed by atoms with van der Waals surface area (Å²) in [4.78, 5) is 0. The van der Waals surface area contributed by atoms with Gasteiger partial charge in [-0.25, -0.2) is 0 Å². The summed E-state index contributed by atoms with van der Waals surface area (Å²) in [5.74, 6) is -1.02. The normalized spacial score (nSPS) is 42.5. The van der Waals surface area contributed by atoms with Gasteiger partial charge >= 0.3 is 0 Å². The molecule has 0 aromatic carbocycles. The van der Waals surface area contributed by atoms with Crippen molar-refractivity contribution in [3.05, 3.63) is 0 Å². The van der Waals surface area contributed by atoms with Gasteiger partial charge in [-0.15, -0.1) is 0 Å². The van der Waals surface area contributed by atoms with E-state index >= 15 is 0 Å². The quantitative estimate of drug-likeness (QED) is 0.649. The van der Waals surface area contributed by atoms with Gasteiger partial charge in [-0.1, -0.05) is 0 Å². The minimum absolute atomic E-state index is 0.0843. The maximum atomic E-state index is 10.4. The van der Waals surface area contributed by atoms with Crippen LogP contribution in [0.1, 0.15) is 27.7 Å². The molecule has 0 amide bonds. The molecule has 2 fully saturated rings. The van der Waals surface area contributed by atoms with Crippen LogP contribution in [0, 0.1) is 5.92 Å². The van der Waals surface area contributed by atoms with E-state index in [0.29, 0.717) is 6.61 Å². The van der Waals surface area contributed by atoms with E-state index in [-0.39, 0.29) is 18.6 Å². The molecule has 2 saturated heterocycles. The lowest BCUT2D eigenvalue weighted by Gasteiger charge is -2.28. The van der Waals surface area contributed by atoms with Crippen LogP contribution in [0.2, 0.25) is 0 Å². The lowest BCUT2D eigenvalue weighted by atomic mass is 9.84. The Bertz CT molecular complexity index is 333. The molecule has 2 aliphatic heterocycles. The van der Waals surface area contributed by atoms with Gasteiger partial charge in [0, 0.05) is 12.5 Å². The summed E-state index contributed by atoms with van der Waals surface area (Å²) in [6.07, 6.45) is -2.41. The first kappa shape index (κ1) is 15.2. The molecule has 4 N–H and O–H groups in total. The Morgan fingerprint density at radius 2 is 1.89 bits per heavy atom. The van der Waals surface area contributed by atoms with E-state index in [1.165, 1.54) is 0 Å². The number of hydrogen-bond acceptors (Lipinski definition) is 6. The Hall–Kier alpha value is -0.240. The first-order valence-electron chi connectivity index (χ1n) is 6.74. The van der Waals surface area contributed by atoms with Crippen LogP contribution < -0.4 is 5.73 Å². The second-order valence-corrected chi connectivity index (χ2v) is 6.38. The van der Waals surface area contributed by atoms with Crippen molar-refractivity contribution in [1.82, 2.24) is 0 Å². The average Bonchev–Trinajstić information content (AvgIpc) is 2.77. The molecule has 2 aliphatic rings. The number of aliphatic hydroxyl groups excluding tert-OH is 2. The van der Waals surface area contributed by atoms with Crippen molar-refractivity contribution in [2.75, 3.05) is 13.2 Å². The average molecular weight is 275 g/mol. The van der Waals surface area contributed by atoms with E-state index in [2.05, 4.69) is 0 Å². The standard InChI is InChI=1S/C13H25NO5/c1-12(2)11(16)9(10(19-12)7(15)5-14)8-6-17-13(3,4)18-8/h7-11,15-16H,5-6,14H2,1-4H3. The first-order chi connectivity index (χ1) is 8.68. The second-order valence-electron chi connectivity index (χ2n) is 6.38. The minimum atomic E-state index is -0.825. The zero-order chi connectivity index (χ0) is 14.4. The van der Waals surface area contributed by atoms with Crippen LogP contribution in [0.15, 0.2) is 0 Å². The van der Waals surface area contributed by atoms with E-state index in [4.69, 9.17) is 19.9 Å². The van der Waals surface area contributed by atoms with Gasteiger partial charge in [-0.05, 0) is 27.7 Å². The molecule has 0 aromatic heterocycles. The molecular formula is C13H25NO5. The Morgan fingerprint density at radius 3 is 2.37 bits per heavy atom. The fourth-order valence-corrected chi connectivity index (χ4v) is 2.93. The third-order valence-electron chi connectivity index (χ3n) is 3.98. The summed E-state index contributed by atoms with van der Waals surface area (Å²) in [6.45, 7) is 7.72. The van der Waals surface area contributed by atoms with Crippen LogP contribution >= 0.6 is 0 Å². The predicted molar refractivity (Wildman–Crippen MR) is 68.4 cm³/mol. The maximum Gasteiger partial charge on any atom is 0.163 e. The summed E-state index contributed by atoms with van der Waals surface area (Å²) < 4.78 is 17.1. The lowest BCUT2D eigenvalue weighted by molar-refractivity contribution is -0.153. The van der Waals surface area contributed by atoms with Gasteiger partial charge in [-0.2, -0.15) is 0 Å². The fraction of sp³-hybridized carbons (Fsp3) is 1.00. The highest BCUT2D eigenvalue weighted by atomic mass is 16.7. The van der Waals surface area contributed by atoms with E-state index in [9.17, 15) is 10.2 Å². The topological polar surface area (TPSA) is 94.2 Å². The van der Waals surface area contributed by atoms with Crippen LogP contribution in [-0.2, 0) is 14.2 Å². The number of nitrogens with two attached hydrogens (primary N) is 1. The molecule has 5 atom stereocenters. The fourth-order valence-electron chi connectivity index (χ4n) is 2.93. The molecule has 0 radical (unpaired) electrons. The van der Waals surface area contributed by atoms with Gasteiger partial charge in [0.05, 0.1) is 36.6 Å². The first-order valence-corrected chi connectivity index (χ1v) is 6.74. The van der Waals surface area contributed by atoms with Crippen molar-refractivity contribution in [1.29, 1.82) is 0 Å². The molecular weight excluding hydrogens is 250 g/mol. The monoisotopic (exact) mass is 275 g/mol. The van der Waals surface area contributed by atoms with Crippen molar-refractivity contribution in [3.8, 4) is 0 Å². The van der Waals surface area contributed by atoms with Crippen molar-refractivity contribution in [2.24, 2.45) is 11.7 Å². The Balaban J connectivity index is 2.20. The molecule has 6 heteroatoms. The lowest BCUT2D eigenvalue weighted by Crippen LogP contribution is -2.46. The number of aliphatic hydroxyl groups is 2. The highest BCUT2D eigenvalue weighted by molar-refractivity contribution is 5.03. The van der Waals surface area contributed by atoms with Gasteiger partial charge in [0.15, 0.2) is 5.79 Å². The maximum absolute atomic E-state index is 10.4. The third kappa shape index (κ3) is 2.79. The van der Waals surface area contributed by atoms with Crippen LogP contribution in [0.5, 0.6) is 0 Å². The largest absolute Gasteiger partial charge is 0.390 e. The molecule has 19 heavy (non-hydrogen) atoms. The van der Waals surface area contributed by atoms with E-state index in [0.717, 1.165) is 0 Å². The van der Waals surface area contributed by atoms with E-state index in [1.54, 1.807) is 13.8 Å². The van der Waals surface area contributed by atoms with Gasteiger partial charge in [0.2, 0.25) is 0 Å². The minimum Gasteiger partial charge on any atom is -0.390 e. The van der Waals surface area contributed by atoms with Gasteiger partial charge in [0.25, 0.3) is 0 Å². The molecule has 5 unspecified atom stereocenters. The van der Waals surface area contributed by atoms with E-state index in [1.807, 2.05) is 13.8 Å². The molecule has 6 nitrogen and oxygen atoms in total. The summed E-state index contributed by atoms with van der Waals surface area (Å²) in [7, 11) is 0. The highest BCUT2D eigenvalue weighted by Gasteiger charge is 2.56. The van der Waals surface area contributed by atoms with Crippen molar-refractivity contribution in [2.45, 2.75) is 63.5 Å². The van der Waals surface area contributed by atoms with E-state index < -0.39 is 29.7 Å². The Labute approximate surface area is 113 Å². The van der Waals surface area contributed by atoms with Crippen LogP contribution in [0.25, 0.3) is 0 Å². The molecule has 0 bridgehead atoms. The molecule has 0 spiro atoms. The Kier molecular flexibility index (Phi) is 3.94. The van der Waals surface area contributed by atoms with Crippen molar-refractivity contribution >= 4 is 0 Å². The third-order valence-corrected chi connectivity index (χ3v) is 3.98. The highest BCUT2D eigenvalue weighted by Crippen LogP contribution is 2.42. The number of ether oxygens (including phenoxy) is 3. The number of hydrogen-bond donors (Lipinski definition) is 3. The van der Waals surface area contributed by atoms with Crippen LogP contribution in [0.3, 0.4) is 0 Å². The van der Waals surface area contributed by atoms with Gasteiger partial charge in [-0.3, -0.25) is 0 Å². The van der Waals surface area contributed by atoms with Crippen LogP contribution in [0.4, 0.5) is 0 Å². The molecule has 0 saturated carbocycles. The second kappa shape index (κ2) is 4.95. The Morgan fingerprint density at radius 1 is 1.26 bits per heavy atom. The number of rotatable bonds is 3. The summed E-state index contributed by atoms with van der Waals surface area (Å²) in [5.41, 5.74) is 4.78. The molecule has 2 heterocycles. The summed E-state index contributed by atoms with van der Waals surface area (Å²) in [6, 6.07) is 0. The molecule has 2 rings (SSSR count). The van der Waals surface area contributed by atoms with Gasteiger partial charge < -0.3 is 30.2 Å². The zero-order valence-corrected chi connectivity index (χ0v) is 12.0. The van der Waals surface area contributed by atoms with Gasteiger partial charge in [0.1, 0.15) is 0 Å². The van der Waals surface area contributed by atoms with Crippen molar-refractivity contribution in [3.63, 3.8) is 0 Å². The molecule has 0 aliphatic carbocycles. The SMILES string of the molecule is CC1(C)OCC(C2C(C(O)CN)OC(C)(C)C2O)O1. The summed E-state index contributed by atoms with van der Waals surface area (Å²) >= 11 is 0. The van der Waals surface area contributed by atoms with Crippen LogP contribution in [-0.4, -0.2) is 59.2 Å². The predicted octanol–water partition coefficient (Wildman–Crippen LogP) is -0.388. The molecule has 112 valence electrons.